The second-order valence-electron chi connectivity index (χ2n) is 8.08. The second-order valence-corrected chi connectivity index (χ2v) is 8.08. The molecule has 33 heavy (non-hydrogen) atoms. The van der Waals surface area contributed by atoms with Crippen molar-refractivity contribution in [2.24, 2.45) is 0 Å². The van der Waals surface area contributed by atoms with Gasteiger partial charge in [-0.1, -0.05) is 84.9 Å². The number of methoxy groups -OCH3 is 1. The van der Waals surface area contributed by atoms with Crippen LogP contribution in [0, 0.1) is 0 Å². The quantitative estimate of drug-likeness (QED) is 0.287. The fourth-order valence-electron chi connectivity index (χ4n) is 4.53. The molecule has 5 rings (SSSR count). The summed E-state index contributed by atoms with van der Waals surface area (Å²) in [4.78, 5) is 26.1. The van der Waals surface area contributed by atoms with E-state index in [4.69, 9.17) is 4.74 Å². The minimum Gasteiger partial charge on any atom is -0.467 e. The molecule has 162 valence electrons. The number of nitrogens with one attached hydrogen (secondary N) is 1. The van der Waals surface area contributed by atoms with Gasteiger partial charge in [-0.3, -0.25) is 4.79 Å². The van der Waals surface area contributed by atoms with E-state index in [1.807, 2.05) is 60.7 Å². The predicted octanol–water partition coefficient (Wildman–Crippen LogP) is 5.66. The summed E-state index contributed by atoms with van der Waals surface area (Å²) in [7, 11) is 1.35. The average Bonchev–Trinajstić information content (AvgIpc) is 2.87. The van der Waals surface area contributed by atoms with Crippen LogP contribution in [0.2, 0.25) is 0 Å². The van der Waals surface area contributed by atoms with Crippen LogP contribution in [0.15, 0.2) is 97.1 Å². The molecule has 4 heteroatoms. The molecular weight excluding hydrogens is 410 g/mol. The molecule has 0 bridgehead atoms. The lowest BCUT2D eigenvalue weighted by atomic mass is 9.92. The first-order valence-corrected chi connectivity index (χ1v) is 10.9. The van der Waals surface area contributed by atoms with Gasteiger partial charge in [0.25, 0.3) is 5.91 Å². The van der Waals surface area contributed by atoms with Gasteiger partial charge in [0.2, 0.25) is 0 Å². The molecule has 0 aliphatic rings. The Hall–Kier alpha value is -4.18. The number of benzene rings is 5. The monoisotopic (exact) mass is 433 g/mol. The summed E-state index contributed by atoms with van der Waals surface area (Å²) in [6, 6.07) is 30.8. The van der Waals surface area contributed by atoms with Crippen LogP contribution in [-0.4, -0.2) is 25.0 Å². The van der Waals surface area contributed by atoms with Crippen LogP contribution < -0.4 is 5.32 Å². The van der Waals surface area contributed by atoms with Gasteiger partial charge < -0.3 is 10.1 Å². The van der Waals surface area contributed by atoms with Gasteiger partial charge in [-0.2, -0.15) is 0 Å². The lowest BCUT2D eigenvalue weighted by Crippen LogP contribution is -2.43. The summed E-state index contributed by atoms with van der Waals surface area (Å²) in [5, 5.41) is 9.06. The van der Waals surface area contributed by atoms with Crippen LogP contribution in [0.3, 0.4) is 0 Å². The van der Waals surface area contributed by atoms with Crippen molar-refractivity contribution in [2.75, 3.05) is 7.11 Å². The third-order valence-corrected chi connectivity index (χ3v) is 6.12. The highest BCUT2D eigenvalue weighted by Gasteiger charge is 2.25. The molecule has 0 radical (unpaired) electrons. The highest BCUT2D eigenvalue weighted by molar-refractivity contribution is 6.08. The normalized spacial score (nSPS) is 12.0. The molecule has 1 amide bonds. The van der Waals surface area contributed by atoms with Crippen molar-refractivity contribution in [3.05, 3.63) is 108 Å². The van der Waals surface area contributed by atoms with Crippen molar-refractivity contribution in [1.82, 2.24) is 5.32 Å². The number of hydrogen-bond donors (Lipinski definition) is 1. The van der Waals surface area contributed by atoms with Gasteiger partial charge in [0.05, 0.1) is 7.11 Å². The zero-order valence-electron chi connectivity index (χ0n) is 18.2. The minimum absolute atomic E-state index is 0.299. The Bertz CT molecular complexity index is 1450. The van der Waals surface area contributed by atoms with Crippen molar-refractivity contribution in [2.45, 2.75) is 12.5 Å². The number of esters is 1. The zero-order chi connectivity index (χ0) is 22.8. The fraction of sp³-hybridized carbons (Fsp3) is 0.103. The SMILES string of the molecule is COC(=O)[C@@H](Cc1c2ccccc2cc2ccccc12)NC(=O)c1cccc2ccccc12. The van der Waals surface area contributed by atoms with Gasteiger partial charge >= 0.3 is 5.97 Å². The Kier molecular flexibility index (Phi) is 5.49. The van der Waals surface area contributed by atoms with Crippen LogP contribution >= 0.6 is 0 Å². The van der Waals surface area contributed by atoms with Crippen LogP contribution in [0.5, 0.6) is 0 Å². The number of carbonyl (C=O) groups excluding carboxylic acids is 2. The lowest BCUT2D eigenvalue weighted by molar-refractivity contribution is -0.142. The molecule has 0 fully saturated rings. The zero-order valence-corrected chi connectivity index (χ0v) is 18.2. The second kappa shape index (κ2) is 8.75. The Morgan fingerprint density at radius 2 is 1.27 bits per heavy atom. The van der Waals surface area contributed by atoms with Crippen molar-refractivity contribution in [1.29, 1.82) is 0 Å². The first-order valence-electron chi connectivity index (χ1n) is 10.9. The third kappa shape index (κ3) is 3.92. The highest BCUT2D eigenvalue weighted by atomic mass is 16.5. The molecule has 0 aliphatic heterocycles. The summed E-state index contributed by atoms with van der Waals surface area (Å²) in [6.07, 6.45) is 0.324. The maximum atomic E-state index is 13.3. The van der Waals surface area contributed by atoms with Gasteiger partial charge in [-0.05, 0) is 50.0 Å². The fourth-order valence-corrected chi connectivity index (χ4v) is 4.53. The molecule has 0 unspecified atom stereocenters. The van der Waals surface area contributed by atoms with Crippen LogP contribution in [0.25, 0.3) is 32.3 Å². The number of amides is 1. The van der Waals surface area contributed by atoms with E-state index >= 15 is 0 Å². The molecular formula is C29H23NO3. The van der Waals surface area contributed by atoms with Gasteiger partial charge in [-0.15, -0.1) is 0 Å². The van der Waals surface area contributed by atoms with E-state index in [-0.39, 0.29) is 5.91 Å². The summed E-state index contributed by atoms with van der Waals surface area (Å²) in [5.74, 6) is -0.771. The van der Waals surface area contributed by atoms with E-state index in [9.17, 15) is 9.59 Å². The Balaban J connectivity index is 1.56. The Morgan fingerprint density at radius 1 is 0.727 bits per heavy atom. The van der Waals surface area contributed by atoms with Crippen LogP contribution in [0.1, 0.15) is 15.9 Å². The van der Waals surface area contributed by atoms with Crippen LogP contribution in [0.4, 0.5) is 0 Å². The number of ether oxygens (including phenoxy) is 1. The van der Waals surface area contributed by atoms with Gasteiger partial charge in [-0.25, -0.2) is 4.79 Å². The van der Waals surface area contributed by atoms with E-state index < -0.39 is 12.0 Å². The molecule has 0 aliphatic carbocycles. The number of fused-ring (bicyclic) bond motifs is 3. The van der Waals surface area contributed by atoms with Crippen LogP contribution in [-0.2, 0) is 16.0 Å². The molecule has 0 spiro atoms. The average molecular weight is 434 g/mol. The standard InChI is InChI=1S/C29H23NO3/c1-33-29(32)27(30-28(31)25-16-8-12-19-9-2-5-13-22(19)25)18-26-23-14-6-3-10-20(23)17-21-11-4-7-15-24(21)26/h2-17,27H,18H2,1H3,(H,30,31)/t27-/m1/s1. The first-order chi connectivity index (χ1) is 16.2. The van der Waals surface area contributed by atoms with E-state index in [1.165, 1.54) is 7.11 Å². The van der Waals surface area contributed by atoms with Crippen molar-refractivity contribution in [3.63, 3.8) is 0 Å². The molecule has 5 aromatic carbocycles. The van der Waals surface area contributed by atoms with E-state index in [1.54, 1.807) is 6.07 Å². The molecule has 0 saturated carbocycles. The summed E-state index contributed by atoms with van der Waals surface area (Å²) >= 11 is 0. The smallest absolute Gasteiger partial charge is 0.328 e. The van der Waals surface area contributed by atoms with E-state index in [0.717, 1.165) is 37.9 Å². The van der Waals surface area contributed by atoms with Gasteiger partial charge in [0.15, 0.2) is 0 Å². The summed E-state index contributed by atoms with van der Waals surface area (Å²) < 4.78 is 5.08. The van der Waals surface area contributed by atoms with Crippen molar-refractivity contribution >= 4 is 44.2 Å². The molecule has 1 atom stereocenters. The first kappa shape index (κ1) is 20.7. The van der Waals surface area contributed by atoms with Crippen molar-refractivity contribution < 1.29 is 14.3 Å². The van der Waals surface area contributed by atoms with E-state index in [0.29, 0.717) is 12.0 Å². The summed E-state index contributed by atoms with van der Waals surface area (Å²) in [5.41, 5.74) is 1.54. The predicted molar refractivity (Wildman–Crippen MR) is 132 cm³/mol. The van der Waals surface area contributed by atoms with E-state index in [2.05, 4.69) is 35.6 Å². The molecule has 5 aromatic rings. The molecule has 0 heterocycles. The third-order valence-electron chi connectivity index (χ3n) is 6.12. The minimum atomic E-state index is -0.823. The lowest BCUT2D eigenvalue weighted by Gasteiger charge is -2.20. The summed E-state index contributed by atoms with van der Waals surface area (Å²) in [6.45, 7) is 0. The van der Waals surface area contributed by atoms with Crippen molar-refractivity contribution in [3.8, 4) is 0 Å². The maximum absolute atomic E-state index is 13.3. The topological polar surface area (TPSA) is 55.4 Å². The molecule has 4 nitrogen and oxygen atoms in total. The van der Waals surface area contributed by atoms with Gasteiger partial charge in [0.1, 0.15) is 6.04 Å². The largest absolute Gasteiger partial charge is 0.467 e. The molecule has 1 N–H and O–H groups in total. The van der Waals surface area contributed by atoms with Gasteiger partial charge in [0, 0.05) is 12.0 Å². The number of rotatable bonds is 5. The Labute approximate surface area is 191 Å². The number of hydrogen-bond acceptors (Lipinski definition) is 3. The Morgan fingerprint density at radius 3 is 1.91 bits per heavy atom. The maximum Gasteiger partial charge on any atom is 0.328 e. The molecule has 0 aromatic heterocycles. The highest BCUT2D eigenvalue weighted by Crippen LogP contribution is 2.30. The number of carbonyl (C=O) groups is 2. The molecule has 0 saturated heterocycles.